The molecule has 0 unspecified atom stereocenters. The van der Waals surface area contributed by atoms with Gasteiger partial charge in [-0.2, -0.15) is 0 Å². The maximum Gasteiger partial charge on any atom is 0.0433 e. The van der Waals surface area contributed by atoms with E-state index in [1.165, 1.54) is 175 Å². The van der Waals surface area contributed by atoms with Crippen LogP contribution >= 0.6 is 45.3 Å². The number of hydrogen-bond acceptors (Lipinski definition) is 4. The molecule has 0 N–H and O–H groups in total. The van der Waals surface area contributed by atoms with Crippen LogP contribution < -0.4 is 0 Å². The second kappa shape index (κ2) is 27.0. The van der Waals surface area contributed by atoms with E-state index in [-0.39, 0.29) is 0 Å². The Morgan fingerprint density at radius 3 is 1.20 bits per heavy atom. The number of rotatable bonds is 4. The zero-order chi connectivity index (χ0) is 64.4. The van der Waals surface area contributed by atoms with Gasteiger partial charge in [-0.15, -0.1) is 45.3 Å². The summed E-state index contributed by atoms with van der Waals surface area (Å²) in [5.41, 5.74) is 17.0. The minimum atomic E-state index is 1.28. The van der Waals surface area contributed by atoms with E-state index < -0.39 is 0 Å². The fourth-order valence-electron chi connectivity index (χ4n) is 13.0. The first-order chi connectivity index (χ1) is 46.6. The van der Waals surface area contributed by atoms with Gasteiger partial charge in [-0.3, -0.25) is 0 Å². The first kappa shape index (κ1) is 60.9. The topological polar surface area (TPSA) is 0 Å². The molecule has 0 radical (unpaired) electrons. The van der Waals surface area contributed by atoms with Crippen molar-refractivity contribution in [2.24, 2.45) is 0 Å². The van der Waals surface area contributed by atoms with Gasteiger partial charge in [0.15, 0.2) is 0 Å². The van der Waals surface area contributed by atoms with Crippen molar-refractivity contribution < 1.29 is 0 Å². The van der Waals surface area contributed by atoms with Crippen LogP contribution in [-0.4, -0.2) is 0 Å². The van der Waals surface area contributed by atoms with Crippen LogP contribution in [0.1, 0.15) is 27.8 Å². The number of thiophene rings is 4. The van der Waals surface area contributed by atoms with Gasteiger partial charge in [0.1, 0.15) is 0 Å². The number of aryl methyl sites for hydroxylation is 5. The summed E-state index contributed by atoms with van der Waals surface area (Å²) in [6.07, 6.45) is 0. The average Bonchev–Trinajstić information content (AvgIpc) is 1.72. The SMILES string of the molecule is Cc1ccc(-c2ccc3c(c2)sc2ccccc23)cc1.Cc1ccc(-c2ccc3sc4ccccc4c3c2)cc1.Cc1ccc(-c2cccc3c2sc2ccccc23)cc1.Cc1ccc(-c2cccc3sc4ccccc4c23)cc1.Cc1cccc2c1ccc1ccccc12. The quantitative estimate of drug-likeness (QED) is 0.154. The highest BCUT2D eigenvalue weighted by molar-refractivity contribution is 7.27. The fraction of sp³-hybridized carbons (Fsp3) is 0.0549. The predicted molar refractivity (Wildman–Crippen MR) is 424 cm³/mol. The van der Waals surface area contributed by atoms with E-state index in [0.717, 1.165) is 0 Å². The molecule has 4 aromatic heterocycles. The Bertz CT molecular complexity index is 5910. The summed E-state index contributed by atoms with van der Waals surface area (Å²) in [7, 11) is 0. The van der Waals surface area contributed by atoms with Crippen LogP contribution in [0.2, 0.25) is 0 Å². The maximum atomic E-state index is 2.32. The normalized spacial score (nSPS) is 11.2. The third-order valence-corrected chi connectivity index (χ3v) is 22.7. The summed E-state index contributed by atoms with van der Waals surface area (Å²) in [4.78, 5) is 0. The standard InChI is InChI=1S/4C19H14S.C15H12/c1-13-9-11-14(12-10-13)15-6-4-7-17-16-5-2-3-8-18(16)20-19(15)17;1-13-9-11-14(12-10-13)15-6-4-8-18-19(15)16-5-2-3-7-17(16)20-18;1-13-6-8-14(9-7-13)15-10-11-19-17(12-15)16-4-2-3-5-18(16)20-19;1-13-6-8-14(9-7-13)15-10-11-17-16-4-2-3-5-18(16)20-19(17)12-15;1-11-5-4-8-15-13(11)10-9-12-6-2-3-7-14(12)15/h4*2-12H,1H3;2-10H,1H3. The van der Waals surface area contributed by atoms with E-state index in [4.69, 9.17) is 0 Å². The van der Waals surface area contributed by atoms with Crippen molar-refractivity contribution in [3.8, 4) is 44.5 Å². The van der Waals surface area contributed by atoms with Crippen LogP contribution in [0.3, 0.4) is 0 Å². The van der Waals surface area contributed by atoms with Crippen LogP contribution in [0.5, 0.6) is 0 Å². The third kappa shape index (κ3) is 12.7. The van der Waals surface area contributed by atoms with Gasteiger partial charge >= 0.3 is 0 Å². The zero-order valence-corrected chi connectivity index (χ0v) is 57.0. The molecule has 0 aliphatic carbocycles. The van der Waals surface area contributed by atoms with E-state index in [1.54, 1.807) is 0 Å². The first-order valence-electron chi connectivity index (χ1n) is 32.4. The molecule has 4 heteroatoms. The second-order valence-corrected chi connectivity index (χ2v) is 28.9. The predicted octanol–water partition coefficient (Wildman–Crippen LogP) is 28.4. The molecule has 19 rings (SSSR count). The van der Waals surface area contributed by atoms with E-state index >= 15 is 0 Å². The summed E-state index contributed by atoms with van der Waals surface area (Å²) < 4.78 is 10.9. The zero-order valence-electron chi connectivity index (χ0n) is 53.7. The summed E-state index contributed by atoms with van der Waals surface area (Å²) in [6, 6.07) is 116. The van der Waals surface area contributed by atoms with Crippen LogP contribution in [0.15, 0.2) is 322 Å². The van der Waals surface area contributed by atoms with E-state index in [2.05, 4.69) is 356 Å². The molecule has 456 valence electrons. The maximum absolute atomic E-state index is 2.32. The lowest BCUT2D eigenvalue weighted by molar-refractivity contribution is 1.47. The molecule has 0 fully saturated rings. The van der Waals surface area contributed by atoms with Crippen molar-refractivity contribution in [3.05, 3.63) is 349 Å². The molecule has 0 aliphatic rings. The van der Waals surface area contributed by atoms with Gasteiger partial charge in [0.25, 0.3) is 0 Å². The highest BCUT2D eigenvalue weighted by Gasteiger charge is 2.13. The molecule has 0 spiro atoms. The van der Waals surface area contributed by atoms with Crippen molar-refractivity contribution in [2.75, 3.05) is 0 Å². The average molecular weight is 1290 g/mol. The fourth-order valence-corrected chi connectivity index (χ4v) is 17.6. The minimum Gasteiger partial charge on any atom is -0.135 e. The molecule has 0 saturated heterocycles. The molecule has 0 aliphatic heterocycles. The van der Waals surface area contributed by atoms with E-state index in [1.807, 2.05) is 45.3 Å². The Kier molecular flexibility index (Phi) is 17.3. The Balaban J connectivity index is 0.0000000980. The molecule has 0 amide bonds. The van der Waals surface area contributed by atoms with Gasteiger partial charge in [0, 0.05) is 80.7 Å². The highest BCUT2D eigenvalue weighted by atomic mass is 32.1. The largest absolute Gasteiger partial charge is 0.135 e. The van der Waals surface area contributed by atoms with Gasteiger partial charge in [0.2, 0.25) is 0 Å². The van der Waals surface area contributed by atoms with Crippen molar-refractivity contribution in [1.82, 2.24) is 0 Å². The van der Waals surface area contributed by atoms with Gasteiger partial charge in [-0.25, -0.2) is 0 Å². The summed E-state index contributed by atoms with van der Waals surface area (Å²) in [6.45, 7) is 10.7. The summed E-state index contributed by atoms with van der Waals surface area (Å²) >= 11 is 7.50. The van der Waals surface area contributed by atoms with E-state index in [0.29, 0.717) is 0 Å². The smallest absolute Gasteiger partial charge is 0.0433 e. The van der Waals surface area contributed by atoms with Gasteiger partial charge in [-0.05, 0) is 155 Å². The first-order valence-corrected chi connectivity index (χ1v) is 35.7. The van der Waals surface area contributed by atoms with Crippen LogP contribution in [-0.2, 0) is 0 Å². The molecule has 15 aromatic carbocycles. The summed E-state index contributed by atoms with van der Waals surface area (Å²) in [5, 5.41) is 16.3. The summed E-state index contributed by atoms with van der Waals surface area (Å²) in [5.74, 6) is 0. The van der Waals surface area contributed by atoms with E-state index in [9.17, 15) is 0 Å². The van der Waals surface area contributed by atoms with Crippen LogP contribution in [0.4, 0.5) is 0 Å². The molecule has 0 atom stereocenters. The Morgan fingerprint density at radius 2 is 0.568 bits per heavy atom. The molecular weight excluding hydrogens is 1220 g/mol. The van der Waals surface area contributed by atoms with Crippen molar-refractivity contribution in [3.63, 3.8) is 0 Å². The number of fused-ring (bicyclic) bond motifs is 15. The van der Waals surface area contributed by atoms with Crippen molar-refractivity contribution >= 4 is 148 Å². The minimum absolute atomic E-state index is 1.28. The number of hydrogen-bond donors (Lipinski definition) is 0. The Hall–Kier alpha value is -10.3. The van der Waals surface area contributed by atoms with Crippen LogP contribution in [0.25, 0.3) is 147 Å². The molecule has 95 heavy (non-hydrogen) atoms. The van der Waals surface area contributed by atoms with Crippen molar-refractivity contribution in [2.45, 2.75) is 34.6 Å². The lowest BCUT2D eigenvalue weighted by Crippen LogP contribution is -1.80. The number of benzene rings is 15. The third-order valence-electron chi connectivity index (χ3n) is 18.1. The Morgan fingerprint density at radius 1 is 0.189 bits per heavy atom. The molecule has 19 aromatic rings. The molecule has 0 bridgehead atoms. The molecule has 0 saturated carbocycles. The molecular formula is C91H68S4. The van der Waals surface area contributed by atoms with Crippen LogP contribution in [0, 0.1) is 34.6 Å². The molecule has 0 nitrogen and oxygen atoms in total. The highest BCUT2D eigenvalue weighted by Crippen LogP contribution is 2.43. The monoisotopic (exact) mass is 1290 g/mol. The van der Waals surface area contributed by atoms with Gasteiger partial charge < -0.3 is 0 Å². The van der Waals surface area contributed by atoms with Crippen molar-refractivity contribution in [1.29, 1.82) is 0 Å². The second-order valence-electron chi connectivity index (χ2n) is 24.6. The molecule has 4 heterocycles. The lowest BCUT2D eigenvalue weighted by Gasteiger charge is -2.05. The lowest BCUT2D eigenvalue weighted by atomic mass is 9.99. The van der Waals surface area contributed by atoms with Gasteiger partial charge in [0.05, 0.1) is 0 Å². The Labute approximate surface area is 571 Å². The van der Waals surface area contributed by atoms with Gasteiger partial charge in [-0.1, -0.05) is 295 Å².